The molecule has 0 saturated heterocycles. The standard InChI is InChI=1S/C22H22N2O5/c1-13(23-18(25)14-9-11-15(12-10-14)22(2,3)4)21(28)29-24-19(26)16-7-5-6-8-17(16)20(24)27/h5-13H,1-4H3,(H,23,25). The second-order valence-corrected chi connectivity index (χ2v) is 7.88. The van der Waals surface area contributed by atoms with Crippen LogP contribution in [0.4, 0.5) is 0 Å². The number of carbonyl (C=O) groups is 4. The van der Waals surface area contributed by atoms with Crippen molar-refractivity contribution in [2.24, 2.45) is 0 Å². The molecule has 0 spiro atoms. The van der Waals surface area contributed by atoms with Crippen LogP contribution in [0.25, 0.3) is 0 Å². The van der Waals surface area contributed by atoms with Gasteiger partial charge in [0.2, 0.25) is 0 Å². The second kappa shape index (κ2) is 7.50. The van der Waals surface area contributed by atoms with Crippen molar-refractivity contribution in [1.29, 1.82) is 0 Å². The first-order chi connectivity index (χ1) is 13.6. The lowest BCUT2D eigenvalue weighted by molar-refractivity contribution is -0.170. The first-order valence-electron chi connectivity index (χ1n) is 9.20. The first kappa shape index (κ1) is 20.3. The molecule has 1 unspecified atom stereocenters. The number of nitrogens with one attached hydrogen (secondary N) is 1. The highest BCUT2D eigenvalue weighted by molar-refractivity contribution is 6.21. The molecular formula is C22H22N2O5. The van der Waals surface area contributed by atoms with E-state index in [1.165, 1.54) is 19.1 Å². The summed E-state index contributed by atoms with van der Waals surface area (Å²) in [7, 11) is 0. The van der Waals surface area contributed by atoms with Gasteiger partial charge in [-0.2, -0.15) is 0 Å². The molecule has 1 N–H and O–H groups in total. The minimum atomic E-state index is -1.06. The third-order valence-electron chi connectivity index (χ3n) is 4.65. The molecule has 1 heterocycles. The largest absolute Gasteiger partial charge is 0.354 e. The maximum absolute atomic E-state index is 12.4. The molecule has 0 saturated carbocycles. The summed E-state index contributed by atoms with van der Waals surface area (Å²) in [5.41, 5.74) is 1.76. The molecule has 0 radical (unpaired) electrons. The van der Waals surface area contributed by atoms with Crippen LogP contribution in [0.3, 0.4) is 0 Å². The fraction of sp³-hybridized carbons (Fsp3) is 0.273. The van der Waals surface area contributed by atoms with E-state index in [-0.39, 0.29) is 16.5 Å². The first-order valence-corrected chi connectivity index (χ1v) is 9.20. The average Bonchev–Trinajstić information content (AvgIpc) is 2.92. The van der Waals surface area contributed by atoms with E-state index in [0.29, 0.717) is 10.6 Å². The molecular weight excluding hydrogens is 372 g/mol. The molecule has 0 fully saturated rings. The zero-order valence-corrected chi connectivity index (χ0v) is 16.7. The number of hydrogen-bond acceptors (Lipinski definition) is 5. The number of carbonyl (C=O) groups excluding carboxylic acids is 4. The van der Waals surface area contributed by atoms with Crippen LogP contribution in [0.1, 0.15) is 64.3 Å². The normalized spacial score (nSPS) is 14.4. The van der Waals surface area contributed by atoms with Gasteiger partial charge in [0.15, 0.2) is 0 Å². The summed E-state index contributed by atoms with van der Waals surface area (Å²) in [6.45, 7) is 7.63. The topological polar surface area (TPSA) is 92.8 Å². The summed E-state index contributed by atoms with van der Waals surface area (Å²) in [5, 5.41) is 2.94. The quantitative estimate of drug-likeness (QED) is 0.805. The predicted octanol–water partition coefficient (Wildman–Crippen LogP) is 2.86. The second-order valence-electron chi connectivity index (χ2n) is 7.88. The number of fused-ring (bicyclic) bond motifs is 1. The van der Waals surface area contributed by atoms with Crippen LogP contribution in [-0.4, -0.2) is 34.8 Å². The van der Waals surface area contributed by atoms with Crippen molar-refractivity contribution in [1.82, 2.24) is 10.4 Å². The molecule has 3 rings (SSSR count). The zero-order chi connectivity index (χ0) is 21.3. The molecule has 1 atom stereocenters. The monoisotopic (exact) mass is 394 g/mol. The van der Waals surface area contributed by atoms with Gasteiger partial charge in [-0.3, -0.25) is 14.4 Å². The SMILES string of the molecule is CC(NC(=O)c1ccc(C(C)(C)C)cc1)C(=O)ON1C(=O)c2ccccc2C1=O. The Morgan fingerprint density at radius 1 is 0.931 bits per heavy atom. The van der Waals surface area contributed by atoms with E-state index in [2.05, 4.69) is 26.1 Å². The Bertz CT molecular complexity index is 954. The van der Waals surface area contributed by atoms with E-state index in [1.54, 1.807) is 24.3 Å². The number of hydroxylamine groups is 2. The molecule has 7 heteroatoms. The van der Waals surface area contributed by atoms with E-state index in [9.17, 15) is 19.2 Å². The lowest BCUT2D eigenvalue weighted by Crippen LogP contribution is -2.43. The molecule has 1 aliphatic heterocycles. The molecule has 150 valence electrons. The van der Waals surface area contributed by atoms with E-state index < -0.39 is 29.7 Å². The Kier molecular flexibility index (Phi) is 5.24. The van der Waals surface area contributed by atoms with Crippen LogP contribution in [0.2, 0.25) is 0 Å². The molecule has 0 aliphatic carbocycles. The summed E-state index contributed by atoms with van der Waals surface area (Å²) in [6.07, 6.45) is 0. The van der Waals surface area contributed by atoms with Gasteiger partial charge in [-0.25, -0.2) is 4.79 Å². The minimum absolute atomic E-state index is 0.0432. The van der Waals surface area contributed by atoms with E-state index in [0.717, 1.165) is 5.56 Å². The minimum Gasteiger partial charge on any atom is -0.339 e. The predicted molar refractivity (Wildman–Crippen MR) is 105 cm³/mol. The van der Waals surface area contributed by atoms with Gasteiger partial charge >= 0.3 is 5.97 Å². The zero-order valence-electron chi connectivity index (χ0n) is 16.7. The highest BCUT2D eigenvalue weighted by atomic mass is 16.7. The van der Waals surface area contributed by atoms with Gasteiger partial charge in [0.05, 0.1) is 11.1 Å². The number of nitrogens with zero attached hydrogens (tertiary/aromatic N) is 1. The van der Waals surface area contributed by atoms with Crippen molar-refractivity contribution in [3.8, 4) is 0 Å². The third-order valence-corrected chi connectivity index (χ3v) is 4.65. The molecule has 2 aromatic carbocycles. The molecule has 7 nitrogen and oxygen atoms in total. The van der Waals surface area contributed by atoms with Crippen molar-refractivity contribution in [3.05, 3.63) is 70.8 Å². The van der Waals surface area contributed by atoms with E-state index >= 15 is 0 Å². The smallest absolute Gasteiger partial charge is 0.339 e. The van der Waals surface area contributed by atoms with Crippen molar-refractivity contribution in [2.75, 3.05) is 0 Å². The number of benzene rings is 2. The van der Waals surface area contributed by atoms with E-state index in [4.69, 9.17) is 4.84 Å². The van der Waals surface area contributed by atoms with Gasteiger partial charge in [-0.1, -0.05) is 50.1 Å². The van der Waals surface area contributed by atoms with Crippen molar-refractivity contribution in [3.63, 3.8) is 0 Å². The van der Waals surface area contributed by atoms with Crippen LogP contribution in [0.5, 0.6) is 0 Å². The number of imide groups is 1. The molecule has 0 bridgehead atoms. The van der Waals surface area contributed by atoms with Gasteiger partial charge in [-0.05, 0) is 42.2 Å². The average molecular weight is 394 g/mol. The summed E-state index contributed by atoms with van der Waals surface area (Å²) in [6, 6.07) is 12.2. The summed E-state index contributed by atoms with van der Waals surface area (Å²) in [4.78, 5) is 54.2. The third kappa shape index (κ3) is 4.03. The molecule has 29 heavy (non-hydrogen) atoms. The highest BCUT2D eigenvalue weighted by Gasteiger charge is 2.39. The van der Waals surface area contributed by atoms with Crippen LogP contribution >= 0.6 is 0 Å². The Balaban J connectivity index is 1.63. The van der Waals surface area contributed by atoms with Gasteiger partial charge in [0, 0.05) is 5.56 Å². The van der Waals surface area contributed by atoms with E-state index in [1.807, 2.05) is 12.1 Å². The summed E-state index contributed by atoms with van der Waals surface area (Å²) in [5.74, 6) is -2.80. The van der Waals surface area contributed by atoms with Crippen molar-refractivity contribution < 1.29 is 24.0 Å². The maximum atomic E-state index is 12.4. The Morgan fingerprint density at radius 2 is 1.45 bits per heavy atom. The Hall–Kier alpha value is -3.48. The lowest BCUT2D eigenvalue weighted by Gasteiger charge is -2.19. The Morgan fingerprint density at radius 3 is 1.93 bits per heavy atom. The van der Waals surface area contributed by atoms with Crippen LogP contribution < -0.4 is 5.32 Å². The summed E-state index contributed by atoms with van der Waals surface area (Å²) >= 11 is 0. The van der Waals surface area contributed by atoms with Crippen LogP contribution in [0, 0.1) is 0 Å². The van der Waals surface area contributed by atoms with Gasteiger partial charge in [-0.15, -0.1) is 0 Å². The molecule has 2 aromatic rings. The van der Waals surface area contributed by atoms with Crippen molar-refractivity contribution >= 4 is 23.7 Å². The lowest BCUT2D eigenvalue weighted by atomic mass is 9.86. The van der Waals surface area contributed by atoms with Crippen molar-refractivity contribution in [2.45, 2.75) is 39.2 Å². The van der Waals surface area contributed by atoms with Crippen LogP contribution in [-0.2, 0) is 15.0 Å². The number of hydrogen-bond donors (Lipinski definition) is 1. The molecule has 1 aliphatic rings. The van der Waals surface area contributed by atoms with Gasteiger partial charge in [0.25, 0.3) is 17.7 Å². The van der Waals surface area contributed by atoms with Crippen LogP contribution in [0.15, 0.2) is 48.5 Å². The fourth-order valence-electron chi connectivity index (χ4n) is 2.88. The molecule has 3 amide bonds. The molecule has 0 aromatic heterocycles. The highest BCUT2D eigenvalue weighted by Crippen LogP contribution is 2.23. The number of amides is 3. The van der Waals surface area contributed by atoms with Gasteiger partial charge < -0.3 is 10.2 Å². The fourth-order valence-corrected chi connectivity index (χ4v) is 2.88. The maximum Gasteiger partial charge on any atom is 0.354 e. The number of rotatable bonds is 4. The Labute approximate surface area is 168 Å². The van der Waals surface area contributed by atoms with Gasteiger partial charge in [0.1, 0.15) is 6.04 Å². The summed E-state index contributed by atoms with van der Waals surface area (Å²) < 4.78 is 0.